The summed E-state index contributed by atoms with van der Waals surface area (Å²) in [5.41, 5.74) is 1.69. The summed E-state index contributed by atoms with van der Waals surface area (Å²) in [6.07, 6.45) is 4.13. The van der Waals surface area contributed by atoms with Crippen LogP contribution in [0.25, 0.3) is 0 Å². The highest BCUT2D eigenvalue weighted by Gasteiger charge is 2.26. The van der Waals surface area contributed by atoms with E-state index >= 15 is 0 Å². The number of halogens is 1. The first-order chi connectivity index (χ1) is 17.0. The van der Waals surface area contributed by atoms with Crippen molar-refractivity contribution in [2.45, 2.75) is 38.8 Å². The van der Waals surface area contributed by atoms with Gasteiger partial charge in [0.2, 0.25) is 0 Å². The number of likely N-dealkylation sites (tertiary alicyclic amines) is 1. The molecule has 0 atom stereocenters. The summed E-state index contributed by atoms with van der Waals surface area (Å²) >= 11 is 0. The zero-order chi connectivity index (χ0) is 24.8. The molecule has 1 saturated heterocycles. The van der Waals surface area contributed by atoms with Gasteiger partial charge in [-0.2, -0.15) is 0 Å². The van der Waals surface area contributed by atoms with Crippen molar-refractivity contribution in [3.05, 3.63) is 57.3 Å². The fourth-order valence-corrected chi connectivity index (χ4v) is 4.92. The third-order valence-electron chi connectivity index (χ3n) is 6.81. The number of pyridine rings is 1. The Morgan fingerprint density at radius 2 is 1.77 bits per heavy atom. The van der Waals surface area contributed by atoms with Gasteiger partial charge < -0.3 is 18.8 Å². The maximum Gasteiger partial charge on any atom is 0.343 e. The second kappa shape index (κ2) is 11.7. The lowest BCUT2D eigenvalue weighted by molar-refractivity contribution is 0.0592. The third kappa shape index (κ3) is 6.02. The standard InChI is InChI=1S/C26H34FN3O5/c1-33-22-16-19(6-7-20(22)27)18-29-11-8-21-25(26(32)34-2)23(17-24(31)30(21)13-12-29)35-15-14-28-9-4-3-5-10-28/h6-7,16-17H,3-5,8-15,18H2,1-2H3. The van der Waals surface area contributed by atoms with Crippen molar-refractivity contribution in [3.8, 4) is 11.5 Å². The Morgan fingerprint density at radius 3 is 2.51 bits per heavy atom. The third-order valence-corrected chi connectivity index (χ3v) is 6.81. The molecule has 2 aromatic rings. The van der Waals surface area contributed by atoms with Crippen molar-refractivity contribution in [3.63, 3.8) is 0 Å². The van der Waals surface area contributed by atoms with Gasteiger partial charge in [-0.15, -0.1) is 0 Å². The molecular formula is C26H34FN3O5. The summed E-state index contributed by atoms with van der Waals surface area (Å²) in [6, 6.07) is 6.23. The summed E-state index contributed by atoms with van der Waals surface area (Å²) in [4.78, 5) is 30.3. The molecular weight excluding hydrogens is 453 g/mol. The Balaban J connectivity index is 1.51. The lowest BCUT2D eigenvalue weighted by atomic mass is 10.1. The molecule has 1 aromatic heterocycles. The van der Waals surface area contributed by atoms with Gasteiger partial charge in [-0.25, -0.2) is 9.18 Å². The molecule has 2 aliphatic rings. The topological polar surface area (TPSA) is 73.2 Å². The number of esters is 1. The molecule has 1 fully saturated rings. The first kappa shape index (κ1) is 25.2. The number of benzene rings is 1. The molecule has 0 saturated carbocycles. The SMILES string of the molecule is COC(=O)c1c(OCCN2CCCCC2)cc(=O)n2c1CCN(Cc1ccc(F)c(OC)c1)CC2. The van der Waals surface area contributed by atoms with Gasteiger partial charge in [0.1, 0.15) is 17.9 Å². The number of rotatable bonds is 8. The van der Waals surface area contributed by atoms with Crippen LogP contribution >= 0.6 is 0 Å². The van der Waals surface area contributed by atoms with Crippen LogP contribution in [-0.2, 0) is 24.2 Å². The smallest absolute Gasteiger partial charge is 0.343 e. The van der Waals surface area contributed by atoms with Crippen LogP contribution in [0.2, 0.25) is 0 Å². The van der Waals surface area contributed by atoms with Gasteiger partial charge >= 0.3 is 5.97 Å². The summed E-state index contributed by atoms with van der Waals surface area (Å²) < 4.78 is 31.6. The fourth-order valence-electron chi connectivity index (χ4n) is 4.92. The molecule has 3 heterocycles. The molecule has 9 heteroatoms. The van der Waals surface area contributed by atoms with Crippen molar-refractivity contribution in [1.29, 1.82) is 0 Å². The number of aromatic nitrogens is 1. The normalized spacial score (nSPS) is 16.9. The summed E-state index contributed by atoms with van der Waals surface area (Å²) in [7, 11) is 2.78. The molecule has 0 N–H and O–H groups in total. The number of ether oxygens (including phenoxy) is 3. The van der Waals surface area contributed by atoms with Gasteiger partial charge in [0.25, 0.3) is 5.56 Å². The minimum atomic E-state index is -0.501. The van der Waals surface area contributed by atoms with Crippen molar-refractivity contribution in [1.82, 2.24) is 14.4 Å². The quantitative estimate of drug-likeness (QED) is 0.530. The van der Waals surface area contributed by atoms with Crippen LogP contribution in [0.3, 0.4) is 0 Å². The summed E-state index contributed by atoms with van der Waals surface area (Å²) in [5.74, 6) is -0.405. The molecule has 0 spiro atoms. The second-order valence-corrected chi connectivity index (χ2v) is 9.06. The predicted molar refractivity (Wildman–Crippen MR) is 130 cm³/mol. The number of piperidine rings is 1. The summed E-state index contributed by atoms with van der Waals surface area (Å²) in [5, 5.41) is 0. The van der Waals surface area contributed by atoms with E-state index in [0.29, 0.717) is 56.2 Å². The molecule has 0 bridgehead atoms. The van der Waals surface area contributed by atoms with Crippen LogP contribution < -0.4 is 15.0 Å². The largest absolute Gasteiger partial charge is 0.494 e. The molecule has 0 radical (unpaired) electrons. The Morgan fingerprint density at radius 1 is 0.971 bits per heavy atom. The number of hydrogen-bond donors (Lipinski definition) is 0. The van der Waals surface area contributed by atoms with Crippen LogP contribution in [0.1, 0.15) is 40.9 Å². The van der Waals surface area contributed by atoms with E-state index in [1.807, 2.05) is 0 Å². The molecule has 0 unspecified atom stereocenters. The van der Waals surface area contributed by atoms with Crippen LogP contribution in [0.15, 0.2) is 29.1 Å². The van der Waals surface area contributed by atoms with Crippen LogP contribution in [0.4, 0.5) is 4.39 Å². The van der Waals surface area contributed by atoms with E-state index < -0.39 is 11.8 Å². The number of fused-ring (bicyclic) bond motifs is 1. The van der Waals surface area contributed by atoms with Gasteiger partial charge in [-0.3, -0.25) is 14.6 Å². The zero-order valence-electron chi connectivity index (χ0n) is 20.6. The maximum absolute atomic E-state index is 13.8. The van der Waals surface area contributed by atoms with Crippen molar-refractivity contribution >= 4 is 5.97 Å². The zero-order valence-corrected chi connectivity index (χ0v) is 20.6. The number of nitrogens with zero attached hydrogens (tertiary/aromatic N) is 3. The van der Waals surface area contributed by atoms with E-state index in [1.54, 1.807) is 16.7 Å². The monoisotopic (exact) mass is 487 g/mol. The minimum absolute atomic E-state index is 0.189. The van der Waals surface area contributed by atoms with E-state index in [0.717, 1.165) is 25.2 Å². The Bertz CT molecular complexity index is 1100. The van der Waals surface area contributed by atoms with Crippen molar-refractivity contribution in [2.24, 2.45) is 0 Å². The predicted octanol–water partition coefficient (Wildman–Crippen LogP) is 2.71. The first-order valence-electron chi connectivity index (χ1n) is 12.2. The van der Waals surface area contributed by atoms with E-state index in [9.17, 15) is 14.0 Å². The molecule has 35 heavy (non-hydrogen) atoms. The lowest BCUT2D eigenvalue weighted by Gasteiger charge is -2.26. The minimum Gasteiger partial charge on any atom is -0.494 e. The first-order valence-corrected chi connectivity index (χ1v) is 12.2. The van der Waals surface area contributed by atoms with Gasteiger partial charge in [0.05, 0.1) is 14.2 Å². The molecule has 0 aliphatic carbocycles. The average Bonchev–Trinajstić information content (AvgIpc) is 3.08. The highest BCUT2D eigenvalue weighted by atomic mass is 19.1. The van der Waals surface area contributed by atoms with E-state index in [-0.39, 0.29) is 11.3 Å². The molecule has 8 nitrogen and oxygen atoms in total. The molecule has 1 aromatic carbocycles. The number of carbonyl (C=O) groups excluding carboxylic acids is 1. The van der Waals surface area contributed by atoms with Crippen molar-refractivity contribution in [2.75, 3.05) is 53.6 Å². The van der Waals surface area contributed by atoms with E-state index in [4.69, 9.17) is 14.2 Å². The highest BCUT2D eigenvalue weighted by molar-refractivity contribution is 5.93. The number of methoxy groups -OCH3 is 2. The molecule has 190 valence electrons. The van der Waals surface area contributed by atoms with Gasteiger partial charge in [0.15, 0.2) is 11.6 Å². The highest BCUT2D eigenvalue weighted by Crippen LogP contribution is 2.25. The van der Waals surface area contributed by atoms with E-state index in [1.165, 1.54) is 45.6 Å². The van der Waals surface area contributed by atoms with Crippen LogP contribution in [-0.4, -0.2) is 73.9 Å². The van der Waals surface area contributed by atoms with Gasteiger partial charge in [0, 0.05) is 50.9 Å². The number of carbonyl (C=O) groups is 1. The van der Waals surface area contributed by atoms with Gasteiger partial charge in [-0.1, -0.05) is 12.5 Å². The summed E-state index contributed by atoms with van der Waals surface area (Å²) in [6.45, 7) is 5.52. The van der Waals surface area contributed by atoms with E-state index in [2.05, 4.69) is 9.80 Å². The van der Waals surface area contributed by atoms with Crippen molar-refractivity contribution < 1.29 is 23.4 Å². The van der Waals surface area contributed by atoms with Crippen LogP contribution in [0, 0.1) is 5.82 Å². The van der Waals surface area contributed by atoms with Crippen LogP contribution in [0.5, 0.6) is 11.5 Å². The number of hydrogen-bond acceptors (Lipinski definition) is 7. The average molecular weight is 488 g/mol. The fraction of sp³-hybridized carbons (Fsp3) is 0.538. The second-order valence-electron chi connectivity index (χ2n) is 9.06. The molecule has 0 amide bonds. The Kier molecular flexibility index (Phi) is 8.41. The Hall–Kier alpha value is -2.91. The maximum atomic E-state index is 13.8. The molecule has 2 aliphatic heterocycles. The molecule has 4 rings (SSSR count). The lowest BCUT2D eigenvalue weighted by Crippen LogP contribution is -2.34. The Labute approximate surface area is 205 Å². The van der Waals surface area contributed by atoms with Gasteiger partial charge in [-0.05, 0) is 43.6 Å².